The second-order valence-corrected chi connectivity index (χ2v) is 6.63. The van der Waals surface area contributed by atoms with E-state index in [-0.39, 0.29) is 11.8 Å². The van der Waals surface area contributed by atoms with E-state index in [1.807, 2.05) is 24.3 Å². The van der Waals surface area contributed by atoms with Crippen LogP contribution in [0.2, 0.25) is 0 Å². The highest BCUT2D eigenvalue weighted by Gasteiger charge is 2.34. The maximum absolute atomic E-state index is 12.5. The molecule has 1 aliphatic rings. The van der Waals surface area contributed by atoms with Gasteiger partial charge in [0.15, 0.2) is 5.82 Å². The van der Waals surface area contributed by atoms with Crippen molar-refractivity contribution >= 4 is 11.6 Å². The van der Waals surface area contributed by atoms with Gasteiger partial charge in [0, 0.05) is 30.6 Å². The Morgan fingerprint density at radius 2 is 1.72 bits per heavy atom. The zero-order chi connectivity index (χ0) is 20.4. The van der Waals surface area contributed by atoms with Crippen molar-refractivity contribution in [2.75, 3.05) is 32.8 Å². The first-order valence-electron chi connectivity index (χ1n) is 9.13. The topological polar surface area (TPSA) is 86.9 Å². The monoisotopic (exact) mass is 395 g/mol. The highest BCUT2D eigenvalue weighted by Crippen LogP contribution is 2.35. The number of amides is 1. The Morgan fingerprint density at radius 1 is 1.00 bits per heavy atom. The minimum absolute atomic E-state index is 0.0218. The lowest BCUT2D eigenvalue weighted by Gasteiger charge is -2.16. The number of methoxy groups -OCH3 is 3. The van der Waals surface area contributed by atoms with Gasteiger partial charge >= 0.3 is 0 Å². The number of rotatable bonds is 6. The van der Waals surface area contributed by atoms with Crippen LogP contribution in [0.1, 0.15) is 18.2 Å². The Morgan fingerprint density at radius 3 is 2.41 bits per heavy atom. The fraction of sp³-hybridized carbons (Fsp3) is 0.286. The molecule has 4 rings (SSSR count). The second-order valence-electron chi connectivity index (χ2n) is 6.63. The smallest absolute Gasteiger partial charge is 0.261 e. The number of hydrogen-bond acceptors (Lipinski definition) is 7. The largest absolute Gasteiger partial charge is 0.497 e. The van der Waals surface area contributed by atoms with Crippen molar-refractivity contribution in [1.29, 1.82) is 0 Å². The summed E-state index contributed by atoms with van der Waals surface area (Å²) in [6, 6.07) is 12.7. The summed E-state index contributed by atoms with van der Waals surface area (Å²) in [7, 11) is 4.76. The van der Waals surface area contributed by atoms with Crippen LogP contribution < -0.4 is 19.1 Å². The molecule has 29 heavy (non-hydrogen) atoms. The summed E-state index contributed by atoms with van der Waals surface area (Å²) in [6.07, 6.45) is 0.324. The van der Waals surface area contributed by atoms with Crippen LogP contribution in [0.25, 0.3) is 11.5 Å². The molecule has 0 saturated carbocycles. The lowest BCUT2D eigenvalue weighted by Crippen LogP contribution is -2.24. The van der Waals surface area contributed by atoms with Crippen molar-refractivity contribution in [3.63, 3.8) is 0 Å². The van der Waals surface area contributed by atoms with E-state index < -0.39 is 0 Å². The van der Waals surface area contributed by atoms with Crippen LogP contribution in [-0.2, 0) is 4.79 Å². The second kappa shape index (κ2) is 7.83. The van der Waals surface area contributed by atoms with Crippen molar-refractivity contribution in [2.24, 2.45) is 0 Å². The molecule has 0 bridgehead atoms. The summed E-state index contributed by atoms with van der Waals surface area (Å²) in [5, 5.41) is 4.11. The Kier molecular flexibility index (Phi) is 5.07. The molecule has 1 fully saturated rings. The van der Waals surface area contributed by atoms with E-state index in [0.717, 1.165) is 11.4 Å². The van der Waals surface area contributed by atoms with Crippen LogP contribution in [-0.4, -0.2) is 43.9 Å². The minimum atomic E-state index is -0.147. The number of benzene rings is 2. The van der Waals surface area contributed by atoms with E-state index in [1.54, 1.807) is 44.4 Å². The molecule has 150 valence electrons. The van der Waals surface area contributed by atoms with Gasteiger partial charge in [-0.05, 0) is 36.4 Å². The Bertz CT molecular complexity index is 1020. The van der Waals surface area contributed by atoms with Crippen LogP contribution in [0.3, 0.4) is 0 Å². The van der Waals surface area contributed by atoms with Gasteiger partial charge in [-0.3, -0.25) is 4.79 Å². The summed E-state index contributed by atoms with van der Waals surface area (Å²) >= 11 is 0. The molecule has 0 unspecified atom stereocenters. The van der Waals surface area contributed by atoms with Gasteiger partial charge in [-0.25, -0.2) is 0 Å². The van der Waals surface area contributed by atoms with Crippen LogP contribution in [0.4, 0.5) is 5.69 Å². The minimum Gasteiger partial charge on any atom is -0.497 e. The molecule has 3 aromatic rings. The fourth-order valence-electron chi connectivity index (χ4n) is 3.38. The van der Waals surface area contributed by atoms with Crippen molar-refractivity contribution in [2.45, 2.75) is 12.3 Å². The van der Waals surface area contributed by atoms with E-state index in [9.17, 15) is 4.79 Å². The summed E-state index contributed by atoms with van der Waals surface area (Å²) in [5.41, 5.74) is 1.49. The van der Waals surface area contributed by atoms with Crippen LogP contribution in [0.5, 0.6) is 17.2 Å². The summed E-state index contributed by atoms with van der Waals surface area (Å²) < 4.78 is 21.3. The molecule has 1 amide bonds. The third-order valence-corrected chi connectivity index (χ3v) is 4.96. The summed E-state index contributed by atoms with van der Waals surface area (Å²) in [4.78, 5) is 18.8. The maximum Gasteiger partial charge on any atom is 0.261 e. The predicted molar refractivity (Wildman–Crippen MR) is 106 cm³/mol. The average Bonchev–Trinajstić information content (AvgIpc) is 3.40. The maximum atomic E-state index is 12.5. The molecule has 1 saturated heterocycles. The van der Waals surface area contributed by atoms with E-state index in [2.05, 4.69) is 10.1 Å². The Hall–Kier alpha value is -3.55. The SMILES string of the molecule is COc1ccc(N2C[C@@H](c3noc(-c4ccc(OC)cc4OC)n3)CC2=O)cc1. The number of nitrogens with zero attached hydrogens (tertiary/aromatic N) is 3. The molecule has 0 radical (unpaired) electrons. The normalized spacial score (nSPS) is 16.2. The van der Waals surface area contributed by atoms with Gasteiger partial charge in [-0.1, -0.05) is 5.16 Å². The standard InChI is InChI=1S/C21H21N3O5/c1-26-15-6-4-14(5-7-15)24-12-13(10-19(24)25)20-22-21(29-23-20)17-9-8-16(27-2)11-18(17)28-3/h4-9,11,13H,10,12H2,1-3H3/t13-/m0/s1. The van der Waals surface area contributed by atoms with Gasteiger partial charge in [0.25, 0.3) is 5.89 Å². The number of anilines is 1. The van der Waals surface area contributed by atoms with Gasteiger partial charge in [-0.15, -0.1) is 0 Å². The first-order chi connectivity index (χ1) is 14.1. The molecule has 2 heterocycles. The third kappa shape index (κ3) is 3.61. The molecule has 1 atom stereocenters. The Labute approximate surface area is 168 Å². The molecule has 0 spiro atoms. The molecule has 1 aromatic heterocycles. The van der Waals surface area contributed by atoms with Crippen LogP contribution >= 0.6 is 0 Å². The van der Waals surface area contributed by atoms with Crippen molar-refractivity contribution in [3.05, 3.63) is 48.3 Å². The molecular formula is C21H21N3O5. The zero-order valence-corrected chi connectivity index (χ0v) is 16.4. The average molecular weight is 395 g/mol. The molecule has 8 heteroatoms. The summed E-state index contributed by atoms with van der Waals surface area (Å²) in [6.45, 7) is 0.490. The van der Waals surface area contributed by atoms with E-state index >= 15 is 0 Å². The van der Waals surface area contributed by atoms with Crippen molar-refractivity contribution in [1.82, 2.24) is 10.1 Å². The van der Waals surface area contributed by atoms with Crippen molar-refractivity contribution < 1.29 is 23.5 Å². The van der Waals surface area contributed by atoms with Gasteiger partial charge in [0.1, 0.15) is 17.2 Å². The third-order valence-electron chi connectivity index (χ3n) is 4.96. The molecule has 0 N–H and O–H groups in total. The van der Waals surface area contributed by atoms with E-state index in [4.69, 9.17) is 18.7 Å². The van der Waals surface area contributed by atoms with Gasteiger partial charge in [-0.2, -0.15) is 4.98 Å². The summed E-state index contributed by atoms with van der Waals surface area (Å²) in [5.74, 6) is 2.70. The highest BCUT2D eigenvalue weighted by atomic mass is 16.5. The van der Waals surface area contributed by atoms with Crippen LogP contribution in [0, 0.1) is 0 Å². The first kappa shape index (κ1) is 18.8. The quantitative estimate of drug-likeness (QED) is 0.633. The predicted octanol–water partition coefficient (Wildman–Crippen LogP) is 3.28. The van der Waals surface area contributed by atoms with Gasteiger partial charge < -0.3 is 23.6 Å². The molecule has 2 aromatic carbocycles. The molecular weight excluding hydrogens is 374 g/mol. The lowest BCUT2D eigenvalue weighted by molar-refractivity contribution is -0.117. The number of carbonyl (C=O) groups is 1. The molecule has 0 aliphatic carbocycles. The number of ether oxygens (including phenoxy) is 3. The van der Waals surface area contributed by atoms with Crippen LogP contribution in [0.15, 0.2) is 47.0 Å². The lowest BCUT2D eigenvalue weighted by atomic mass is 10.1. The van der Waals surface area contributed by atoms with E-state index in [1.165, 1.54) is 0 Å². The van der Waals surface area contributed by atoms with Crippen molar-refractivity contribution in [3.8, 4) is 28.7 Å². The molecule has 1 aliphatic heterocycles. The van der Waals surface area contributed by atoms with Gasteiger partial charge in [0.2, 0.25) is 5.91 Å². The number of aromatic nitrogens is 2. The zero-order valence-electron chi connectivity index (χ0n) is 16.4. The number of hydrogen-bond donors (Lipinski definition) is 0. The molecule has 8 nitrogen and oxygen atoms in total. The highest BCUT2D eigenvalue weighted by molar-refractivity contribution is 5.96. The van der Waals surface area contributed by atoms with E-state index in [0.29, 0.717) is 41.7 Å². The number of carbonyl (C=O) groups excluding carboxylic acids is 1. The Balaban J connectivity index is 1.55. The fourth-order valence-corrected chi connectivity index (χ4v) is 3.38. The van der Waals surface area contributed by atoms with Gasteiger partial charge in [0.05, 0.1) is 26.9 Å². The first-order valence-corrected chi connectivity index (χ1v) is 9.13.